The van der Waals surface area contributed by atoms with Crippen molar-refractivity contribution < 1.29 is 9.53 Å². The summed E-state index contributed by atoms with van der Waals surface area (Å²) in [5.41, 5.74) is 3.67. The molecule has 3 aliphatic rings. The number of nitrogens with zero attached hydrogens (tertiary/aromatic N) is 1. The Morgan fingerprint density at radius 2 is 2.04 bits per heavy atom. The molecule has 4 atom stereocenters. The van der Waals surface area contributed by atoms with E-state index in [1.54, 1.807) is 0 Å². The van der Waals surface area contributed by atoms with E-state index in [0.29, 0.717) is 18.4 Å². The number of aromatic nitrogens is 1. The molecule has 5 nitrogen and oxygen atoms in total. The van der Waals surface area contributed by atoms with Crippen molar-refractivity contribution in [1.82, 2.24) is 15.2 Å². The average molecular weight is 337 g/mol. The van der Waals surface area contributed by atoms with Gasteiger partial charge in [-0.1, -0.05) is 24.3 Å². The first-order valence-corrected chi connectivity index (χ1v) is 9.12. The molecule has 0 spiro atoms. The van der Waals surface area contributed by atoms with Crippen molar-refractivity contribution in [3.8, 4) is 0 Å². The van der Waals surface area contributed by atoms with Crippen molar-refractivity contribution in [3.05, 3.63) is 47.7 Å². The molecule has 5 heteroatoms. The highest BCUT2D eigenvalue weighted by Gasteiger charge is 2.51. The Morgan fingerprint density at radius 1 is 1.28 bits per heavy atom. The molecule has 2 aromatic rings. The lowest BCUT2D eigenvalue weighted by atomic mass is 9.86. The van der Waals surface area contributed by atoms with E-state index in [1.165, 1.54) is 16.5 Å². The minimum atomic E-state index is 0.0597. The zero-order chi connectivity index (χ0) is 17.0. The minimum absolute atomic E-state index is 0.0597. The van der Waals surface area contributed by atoms with E-state index < -0.39 is 0 Å². The first-order valence-electron chi connectivity index (χ1n) is 9.12. The third kappa shape index (κ3) is 2.45. The van der Waals surface area contributed by atoms with Crippen LogP contribution in [0, 0.1) is 18.8 Å². The Bertz CT molecular complexity index is 836. The molecule has 2 N–H and O–H groups in total. The van der Waals surface area contributed by atoms with Crippen LogP contribution in [0.3, 0.4) is 0 Å². The first kappa shape index (κ1) is 15.0. The summed E-state index contributed by atoms with van der Waals surface area (Å²) < 4.78 is 5.87. The smallest absolute Gasteiger partial charge is 0.317 e. The van der Waals surface area contributed by atoms with Crippen LogP contribution in [0.25, 0.3) is 10.9 Å². The number of urea groups is 1. The fourth-order valence-electron chi connectivity index (χ4n) is 4.62. The first-order chi connectivity index (χ1) is 12.2. The monoisotopic (exact) mass is 337 g/mol. The molecule has 2 bridgehead atoms. The number of benzene rings is 1. The van der Waals surface area contributed by atoms with Gasteiger partial charge >= 0.3 is 6.03 Å². The number of carbonyl (C=O) groups excluding carboxylic acids is 1. The number of fused-ring (bicyclic) bond motifs is 6. The van der Waals surface area contributed by atoms with Crippen molar-refractivity contribution >= 4 is 16.9 Å². The van der Waals surface area contributed by atoms with Crippen LogP contribution in [0.5, 0.6) is 0 Å². The van der Waals surface area contributed by atoms with Gasteiger partial charge in [-0.25, -0.2) is 4.79 Å². The van der Waals surface area contributed by atoms with Gasteiger partial charge < -0.3 is 19.9 Å². The summed E-state index contributed by atoms with van der Waals surface area (Å²) in [6, 6.07) is 6.50. The zero-order valence-electron chi connectivity index (χ0n) is 14.4. The molecular formula is C20H23N3O2. The second-order valence-electron chi connectivity index (χ2n) is 7.53. The fourth-order valence-corrected chi connectivity index (χ4v) is 4.62. The highest BCUT2D eigenvalue weighted by atomic mass is 16.5. The summed E-state index contributed by atoms with van der Waals surface area (Å²) in [6.07, 6.45) is 7.66. The molecule has 4 heterocycles. The maximum atomic E-state index is 12.5. The quantitative estimate of drug-likeness (QED) is 0.846. The Kier molecular flexibility index (Phi) is 3.38. The summed E-state index contributed by atoms with van der Waals surface area (Å²) in [6.45, 7) is 4.38. The molecule has 0 aliphatic carbocycles. The van der Waals surface area contributed by atoms with Crippen LogP contribution in [0.15, 0.2) is 36.5 Å². The van der Waals surface area contributed by atoms with Gasteiger partial charge in [0.1, 0.15) is 0 Å². The molecule has 3 aliphatic heterocycles. The SMILES string of the molecule is Cc1ccc2c(CCNC(=O)N3C[C@H]4[C@H](C3)[C@H]3C=C[C@H]4O3)c[nH]c2c1. The maximum Gasteiger partial charge on any atom is 0.317 e. The van der Waals surface area contributed by atoms with E-state index in [-0.39, 0.29) is 18.2 Å². The van der Waals surface area contributed by atoms with E-state index in [4.69, 9.17) is 4.74 Å². The molecule has 0 saturated carbocycles. The van der Waals surface area contributed by atoms with Gasteiger partial charge in [-0.2, -0.15) is 0 Å². The summed E-state index contributed by atoms with van der Waals surface area (Å²) in [4.78, 5) is 17.8. The molecule has 1 aromatic carbocycles. The van der Waals surface area contributed by atoms with Gasteiger partial charge in [0.25, 0.3) is 0 Å². The number of nitrogens with one attached hydrogen (secondary N) is 2. The van der Waals surface area contributed by atoms with Crippen molar-refractivity contribution in [2.45, 2.75) is 25.6 Å². The highest BCUT2D eigenvalue weighted by molar-refractivity contribution is 5.84. The lowest BCUT2D eigenvalue weighted by molar-refractivity contribution is 0.0883. The van der Waals surface area contributed by atoms with E-state index in [2.05, 4.69) is 53.8 Å². The Hall–Kier alpha value is -2.27. The molecule has 0 unspecified atom stereocenters. The summed E-state index contributed by atoms with van der Waals surface area (Å²) in [7, 11) is 0. The van der Waals surface area contributed by atoms with Gasteiger partial charge in [0.2, 0.25) is 0 Å². The number of hydrogen-bond acceptors (Lipinski definition) is 2. The van der Waals surface area contributed by atoms with Gasteiger partial charge in [0.05, 0.1) is 12.2 Å². The molecule has 25 heavy (non-hydrogen) atoms. The summed E-state index contributed by atoms with van der Waals surface area (Å²) in [5, 5.41) is 4.34. The number of ether oxygens (including phenoxy) is 1. The van der Waals surface area contributed by atoms with Gasteiger partial charge in [0, 0.05) is 48.6 Å². The molecule has 0 radical (unpaired) electrons. The normalized spacial score (nSPS) is 29.6. The number of rotatable bonds is 3. The van der Waals surface area contributed by atoms with Crippen molar-refractivity contribution in [2.24, 2.45) is 11.8 Å². The van der Waals surface area contributed by atoms with Gasteiger partial charge in [0.15, 0.2) is 0 Å². The number of aromatic amines is 1. The number of likely N-dealkylation sites (tertiary alicyclic amines) is 1. The van der Waals surface area contributed by atoms with Crippen LogP contribution >= 0.6 is 0 Å². The standard InChI is InChI=1S/C20H23N3O2/c1-12-2-3-14-13(9-22-17(14)8-12)6-7-21-20(24)23-10-15-16(11-23)19-5-4-18(15)25-19/h2-5,8-9,15-16,18-19,22H,6-7,10-11H2,1H3,(H,21,24)/t15-,16-,18+,19+/m0/s1. The van der Waals surface area contributed by atoms with Crippen LogP contribution in [0.2, 0.25) is 0 Å². The largest absolute Gasteiger partial charge is 0.366 e. The second-order valence-corrected chi connectivity index (χ2v) is 7.53. The number of aryl methyl sites for hydroxylation is 1. The molecule has 2 saturated heterocycles. The van der Waals surface area contributed by atoms with E-state index in [9.17, 15) is 4.79 Å². The number of carbonyl (C=O) groups is 1. The van der Waals surface area contributed by atoms with Crippen LogP contribution in [0.4, 0.5) is 4.79 Å². The topological polar surface area (TPSA) is 57.4 Å². The van der Waals surface area contributed by atoms with Crippen LogP contribution in [0.1, 0.15) is 11.1 Å². The predicted molar refractivity (Wildman–Crippen MR) is 96.5 cm³/mol. The molecule has 5 rings (SSSR count). The van der Waals surface area contributed by atoms with Crippen LogP contribution < -0.4 is 5.32 Å². The van der Waals surface area contributed by atoms with E-state index in [0.717, 1.165) is 25.0 Å². The predicted octanol–water partition coefficient (Wildman–Crippen LogP) is 2.61. The van der Waals surface area contributed by atoms with Gasteiger partial charge in [-0.3, -0.25) is 0 Å². The molecule has 1 aromatic heterocycles. The molecular weight excluding hydrogens is 314 g/mol. The summed E-state index contributed by atoms with van der Waals surface area (Å²) in [5.74, 6) is 0.968. The van der Waals surface area contributed by atoms with Crippen molar-refractivity contribution in [3.63, 3.8) is 0 Å². The maximum absolute atomic E-state index is 12.5. The number of hydrogen-bond donors (Lipinski definition) is 2. The lowest BCUT2D eigenvalue weighted by Crippen LogP contribution is -2.40. The van der Waals surface area contributed by atoms with Crippen LogP contribution in [-0.2, 0) is 11.2 Å². The summed E-state index contributed by atoms with van der Waals surface area (Å²) >= 11 is 0. The number of amides is 2. The van der Waals surface area contributed by atoms with E-state index >= 15 is 0 Å². The molecule has 2 amide bonds. The zero-order valence-corrected chi connectivity index (χ0v) is 14.4. The highest BCUT2D eigenvalue weighted by Crippen LogP contribution is 2.43. The molecule has 130 valence electrons. The Balaban J connectivity index is 1.17. The fraction of sp³-hybridized carbons (Fsp3) is 0.450. The third-order valence-corrected chi connectivity index (χ3v) is 5.94. The number of H-pyrrole nitrogens is 1. The van der Waals surface area contributed by atoms with Crippen LogP contribution in [-0.4, -0.2) is 47.8 Å². The molecule has 2 fully saturated rings. The average Bonchev–Trinajstić information content (AvgIpc) is 3.35. The van der Waals surface area contributed by atoms with Gasteiger partial charge in [-0.05, 0) is 30.5 Å². The third-order valence-electron chi connectivity index (χ3n) is 5.94. The second kappa shape index (κ2) is 5.63. The minimum Gasteiger partial charge on any atom is -0.366 e. The van der Waals surface area contributed by atoms with Gasteiger partial charge in [-0.15, -0.1) is 0 Å². The lowest BCUT2D eigenvalue weighted by Gasteiger charge is -2.19. The van der Waals surface area contributed by atoms with Crippen molar-refractivity contribution in [2.75, 3.05) is 19.6 Å². The van der Waals surface area contributed by atoms with E-state index in [1.807, 2.05) is 4.90 Å². The Labute approximate surface area is 147 Å². The van der Waals surface area contributed by atoms with Crippen molar-refractivity contribution in [1.29, 1.82) is 0 Å². The Morgan fingerprint density at radius 3 is 2.80 bits per heavy atom.